The van der Waals surface area contributed by atoms with Crippen LogP contribution in [0.25, 0.3) is 11.3 Å². The largest absolute Gasteiger partial charge is 0.396 e. The number of H-pyrrole nitrogens is 1. The van der Waals surface area contributed by atoms with Gasteiger partial charge in [-0.25, -0.2) is 0 Å². The van der Waals surface area contributed by atoms with E-state index in [1.54, 1.807) is 0 Å². The van der Waals surface area contributed by atoms with Gasteiger partial charge in [0.05, 0.1) is 0 Å². The molecule has 1 aliphatic heterocycles. The lowest BCUT2D eigenvalue weighted by Gasteiger charge is -2.32. The summed E-state index contributed by atoms with van der Waals surface area (Å²) in [5, 5.41) is 12.1. The van der Waals surface area contributed by atoms with E-state index in [-0.39, 0.29) is 18.6 Å². The van der Waals surface area contributed by atoms with Gasteiger partial charge in [-0.15, -0.1) is 0 Å². The maximum Gasteiger partial charge on any atom is 0.267 e. The Morgan fingerprint density at radius 3 is 2.88 bits per heavy atom. The number of carbonyl (C=O) groups excluding carboxylic acids is 1. The van der Waals surface area contributed by atoms with Crippen LogP contribution in [0, 0.1) is 0 Å². The molecular formula is C19H25N3O2. The molecule has 1 aromatic heterocycles. The predicted molar refractivity (Wildman–Crippen MR) is 94.9 cm³/mol. The van der Waals surface area contributed by atoms with E-state index >= 15 is 0 Å². The van der Waals surface area contributed by atoms with Gasteiger partial charge < -0.3 is 20.3 Å². The monoisotopic (exact) mass is 327 g/mol. The van der Waals surface area contributed by atoms with Gasteiger partial charge in [0, 0.05) is 31.4 Å². The van der Waals surface area contributed by atoms with Crippen LogP contribution in [-0.4, -0.2) is 53.2 Å². The molecule has 2 aromatic rings. The first-order valence-corrected chi connectivity index (χ1v) is 8.65. The normalized spacial score (nSPS) is 18.5. The second-order valence-corrected chi connectivity index (χ2v) is 6.34. The first-order valence-electron chi connectivity index (χ1n) is 8.65. The number of aromatic amines is 1. The van der Waals surface area contributed by atoms with Crippen molar-refractivity contribution in [1.29, 1.82) is 0 Å². The summed E-state index contributed by atoms with van der Waals surface area (Å²) >= 11 is 0. The quantitative estimate of drug-likeness (QED) is 0.762. The summed E-state index contributed by atoms with van der Waals surface area (Å²) in [6, 6.07) is 13.9. The van der Waals surface area contributed by atoms with Crippen molar-refractivity contribution in [2.75, 3.05) is 26.2 Å². The number of aromatic nitrogens is 1. The molecular weight excluding hydrogens is 302 g/mol. The smallest absolute Gasteiger partial charge is 0.267 e. The fourth-order valence-electron chi connectivity index (χ4n) is 3.25. The second-order valence-electron chi connectivity index (χ2n) is 6.34. The molecule has 1 atom stereocenters. The minimum absolute atomic E-state index is 0.0498. The number of benzene rings is 1. The van der Waals surface area contributed by atoms with E-state index in [2.05, 4.69) is 15.2 Å². The number of hydrogen-bond donors (Lipinski definition) is 3. The Labute approximate surface area is 142 Å². The molecule has 1 fully saturated rings. The molecule has 5 nitrogen and oxygen atoms in total. The lowest BCUT2D eigenvalue weighted by atomic mass is 10.1. The topological polar surface area (TPSA) is 68.4 Å². The first kappa shape index (κ1) is 16.7. The number of likely N-dealkylation sites (tertiary alicyclic amines) is 1. The van der Waals surface area contributed by atoms with Crippen LogP contribution in [0.2, 0.25) is 0 Å². The van der Waals surface area contributed by atoms with Gasteiger partial charge in [0.25, 0.3) is 5.91 Å². The Bertz CT molecular complexity index is 654. The summed E-state index contributed by atoms with van der Waals surface area (Å²) in [4.78, 5) is 18.0. The predicted octanol–water partition coefficient (Wildman–Crippen LogP) is 2.26. The average Bonchev–Trinajstić information content (AvgIpc) is 3.11. The van der Waals surface area contributed by atoms with Crippen molar-refractivity contribution in [3.63, 3.8) is 0 Å². The van der Waals surface area contributed by atoms with Crippen LogP contribution < -0.4 is 5.32 Å². The molecule has 0 bridgehead atoms. The fourth-order valence-corrected chi connectivity index (χ4v) is 3.25. The highest BCUT2D eigenvalue weighted by Crippen LogP contribution is 2.18. The number of nitrogens with one attached hydrogen (secondary N) is 2. The molecule has 1 saturated heterocycles. The number of rotatable bonds is 6. The van der Waals surface area contributed by atoms with Crippen molar-refractivity contribution < 1.29 is 9.90 Å². The standard InChI is InChI=1S/C19H25N3O2/c23-13-5-12-22-11-4-8-16(14-22)20-19(24)18-10-9-17(21-18)15-6-2-1-3-7-15/h1-3,6-7,9-10,16,21,23H,4-5,8,11-14H2,(H,20,24). The van der Waals surface area contributed by atoms with Gasteiger partial charge in [-0.3, -0.25) is 4.79 Å². The maximum atomic E-state index is 12.5. The summed E-state index contributed by atoms with van der Waals surface area (Å²) in [5.74, 6) is -0.0498. The molecule has 2 heterocycles. The molecule has 128 valence electrons. The summed E-state index contributed by atoms with van der Waals surface area (Å²) in [5.41, 5.74) is 2.62. The lowest BCUT2D eigenvalue weighted by Crippen LogP contribution is -2.48. The molecule has 1 aliphatic rings. The van der Waals surface area contributed by atoms with Gasteiger partial charge >= 0.3 is 0 Å². The van der Waals surface area contributed by atoms with Gasteiger partial charge in [-0.05, 0) is 43.5 Å². The third-order valence-electron chi connectivity index (χ3n) is 4.49. The molecule has 1 amide bonds. The Balaban J connectivity index is 1.58. The molecule has 0 radical (unpaired) electrons. The third-order valence-corrected chi connectivity index (χ3v) is 4.49. The molecule has 3 rings (SSSR count). The van der Waals surface area contributed by atoms with E-state index in [0.29, 0.717) is 5.69 Å². The summed E-state index contributed by atoms with van der Waals surface area (Å²) < 4.78 is 0. The zero-order valence-electron chi connectivity index (χ0n) is 13.9. The lowest BCUT2D eigenvalue weighted by molar-refractivity contribution is 0.0895. The maximum absolute atomic E-state index is 12.5. The SMILES string of the molecule is O=C(NC1CCCN(CCCO)C1)c1ccc(-c2ccccc2)[nH]1. The zero-order chi connectivity index (χ0) is 16.8. The van der Waals surface area contributed by atoms with Crippen molar-refractivity contribution in [2.24, 2.45) is 0 Å². The van der Waals surface area contributed by atoms with Crippen molar-refractivity contribution >= 4 is 5.91 Å². The van der Waals surface area contributed by atoms with Gasteiger partial charge in [-0.2, -0.15) is 0 Å². The Morgan fingerprint density at radius 1 is 1.25 bits per heavy atom. The van der Waals surface area contributed by atoms with Gasteiger partial charge in [-0.1, -0.05) is 30.3 Å². The number of hydrogen-bond acceptors (Lipinski definition) is 3. The van der Waals surface area contributed by atoms with E-state index in [1.165, 1.54) is 0 Å². The van der Waals surface area contributed by atoms with Gasteiger partial charge in [0.2, 0.25) is 0 Å². The Morgan fingerprint density at radius 2 is 2.08 bits per heavy atom. The molecule has 0 saturated carbocycles. The highest BCUT2D eigenvalue weighted by Gasteiger charge is 2.22. The first-order chi connectivity index (χ1) is 11.8. The van der Waals surface area contributed by atoms with Gasteiger partial charge in [0.15, 0.2) is 0 Å². The molecule has 1 unspecified atom stereocenters. The van der Waals surface area contributed by atoms with E-state index in [4.69, 9.17) is 5.11 Å². The third kappa shape index (κ3) is 4.24. The minimum Gasteiger partial charge on any atom is -0.396 e. The fraction of sp³-hybridized carbons (Fsp3) is 0.421. The Hall–Kier alpha value is -2.11. The van der Waals surface area contributed by atoms with Crippen LogP contribution >= 0.6 is 0 Å². The summed E-state index contributed by atoms with van der Waals surface area (Å²) in [6.07, 6.45) is 2.88. The van der Waals surface area contributed by atoms with Crippen LogP contribution in [-0.2, 0) is 0 Å². The van der Waals surface area contributed by atoms with Crippen LogP contribution in [0.4, 0.5) is 0 Å². The van der Waals surface area contributed by atoms with Crippen LogP contribution in [0.3, 0.4) is 0 Å². The number of nitrogens with zero attached hydrogens (tertiary/aromatic N) is 1. The van der Waals surface area contributed by atoms with E-state index in [1.807, 2.05) is 42.5 Å². The highest BCUT2D eigenvalue weighted by atomic mass is 16.3. The van der Waals surface area contributed by atoms with Crippen molar-refractivity contribution in [2.45, 2.75) is 25.3 Å². The van der Waals surface area contributed by atoms with Crippen LogP contribution in [0.1, 0.15) is 29.8 Å². The highest BCUT2D eigenvalue weighted by molar-refractivity contribution is 5.93. The molecule has 24 heavy (non-hydrogen) atoms. The molecule has 0 spiro atoms. The molecule has 3 N–H and O–H groups in total. The van der Waals surface area contributed by atoms with Crippen LogP contribution in [0.5, 0.6) is 0 Å². The number of aliphatic hydroxyl groups is 1. The zero-order valence-corrected chi connectivity index (χ0v) is 13.9. The summed E-state index contributed by atoms with van der Waals surface area (Å²) in [7, 11) is 0. The average molecular weight is 327 g/mol. The van der Waals surface area contributed by atoms with Crippen molar-refractivity contribution in [1.82, 2.24) is 15.2 Å². The molecule has 0 aliphatic carbocycles. The number of amides is 1. The van der Waals surface area contributed by atoms with E-state index in [9.17, 15) is 4.79 Å². The minimum atomic E-state index is -0.0498. The van der Waals surface area contributed by atoms with Crippen LogP contribution in [0.15, 0.2) is 42.5 Å². The number of aliphatic hydroxyl groups excluding tert-OH is 1. The number of carbonyl (C=O) groups is 1. The van der Waals surface area contributed by atoms with E-state index < -0.39 is 0 Å². The second kappa shape index (κ2) is 8.13. The molecule has 1 aromatic carbocycles. The summed E-state index contributed by atoms with van der Waals surface area (Å²) in [6.45, 7) is 3.02. The number of piperidine rings is 1. The molecule has 5 heteroatoms. The van der Waals surface area contributed by atoms with E-state index in [0.717, 1.165) is 50.2 Å². The van der Waals surface area contributed by atoms with Crippen molar-refractivity contribution in [3.05, 3.63) is 48.2 Å². The van der Waals surface area contributed by atoms with Gasteiger partial charge in [0.1, 0.15) is 5.69 Å². The van der Waals surface area contributed by atoms with Crippen molar-refractivity contribution in [3.8, 4) is 11.3 Å². The Kier molecular flexibility index (Phi) is 5.67.